The lowest BCUT2D eigenvalue weighted by Crippen LogP contribution is -2.44. The lowest BCUT2D eigenvalue weighted by molar-refractivity contribution is -0.147. The summed E-state index contributed by atoms with van der Waals surface area (Å²) in [6, 6.07) is 4.72. The zero-order valence-corrected chi connectivity index (χ0v) is 15.0. The number of benzene rings is 1. The SMILES string of the molecule is O=C1CCCC(=O)N1CCS(=O)(=O)NCC#Cc1ccccc1C(F)(F)F. The Balaban J connectivity index is 1.93. The van der Waals surface area contributed by atoms with Gasteiger partial charge in [0.1, 0.15) is 0 Å². The number of nitrogens with one attached hydrogen (secondary N) is 1. The molecule has 1 fully saturated rings. The highest BCUT2D eigenvalue weighted by atomic mass is 32.2. The Hall–Kier alpha value is -2.38. The molecule has 6 nitrogen and oxygen atoms in total. The van der Waals surface area contributed by atoms with Crippen LogP contribution in [-0.2, 0) is 25.8 Å². The number of imide groups is 1. The van der Waals surface area contributed by atoms with Gasteiger partial charge in [-0.2, -0.15) is 13.2 Å². The molecule has 1 saturated heterocycles. The van der Waals surface area contributed by atoms with Gasteiger partial charge in [0.05, 0.1) is 17.9 Å². The van der Waals surface area contributed by atoms with Crippen molar-refractivity contribution in [2.75, 3.05) is 18.8 Å². The van der Waals surface area contributed by atoms with Gasteiger partial charge in [-0.1, -0.05) is 24.0 Å². The molecule has 146 valence electrons. The van der Waals surface area contributed by atoms with E-state index in [9.17, 15) is 31.2 Å². The number of carbonyl (C=O) groups excluding carboxylic acids is 2. The molecule has 27 heavy (non-hydrogen) atoms. The molecule has 0 saturated carbocycles. The normalized spacial score (nSPS) is 15.4. The maximum absolute atomic E-state index is 12.8. The zero-order chi connectivity index (χ0) is 20.1. The molecule has 1 aromatic carbocycles. The van der Waals surface area contributed by atoms with E-state index < -0.39 is 45.9 Å². The van der Waals surface area contributed by atoms with Crippen molar-refractivity contribution in [2.45, 2.75) is 25.4 Å². The topological polar surface area (TPSA) is 83.6 Å². The maximum atomic E-state index is 12.8. The van der Waals surface area contributed by atoms with Crippen LogP contribution >= 0.6 is 0 Å². The van der Waals surface area contributed by atoms with Gasteiger partial charge in [0.15, 0.2) is 0 Å². The molecule has 0 radical (unpaired) electrons. The molecule has 1 heterocycles. The molecule has 0 aromatic heterocycles. The van der Waals surface area contributed by atoms with Gasteiger partial charge >= 0.3 is 6.18 Å². The van der Waals surface area contributed by atoms with E-state index in [1.54, 1.807) is 0 Å². The first kappa shape index (κ1) is 20.9. The van der Waals surface area contributed by atoms with Crippen molar-refractivity contribution in [2.24, 2.45) is 0 Å². The molecule has 2 rings (SSSR count). The van der Waals surface area contributed by atoms with Gasteiger partial charge in [-0.05, 0) is 18.6 Å². The van der Waals surface area contributed by atoms with Crippen molar-refractivity contribution in [1.29, 1.82) is 0 Å². The number of sulfonamides is 1. The molecule has 0 spiro atoms. The predicted molar refractivity (Wildman–Crippen MR) is 90.7 cm³/mol. The number of carbonyl (C=O) groups is 2. The molecule has 10 heteroatoms. The monoisotopic (exact) mass is 402 g/mol. The quantitative estimate of drug-likeness (QED) is 0.598. The van der Waals surface area contributed by atoms with Gasteiger partial charge in [-0.15, -0.1) is 0 Å². The molecule has 0 aliphatic carbocycles. The van der Waals surface area contributed by atoms with Crippen molar-refractivity contribution >= 4 is 21.8 Å². The third-order valence-electron chi connectivity index (χ3n) is 3.80. The van der Waals surface area contributed by atoms with Crippen LogP contribution in [0.3, 0.4) is 0 Å². The van der Waals surface area contributed by atoms with Crippen LogP contribution in [0.25, 0.3) is 0 Å². The minimum Gasteiger partial charge on any atom is -0.282 e. The van der Waals surface area contributed by atoms with Crippen LogP contribution in [0, 0.1) is 11.8 Å². The van der Waals surface area contributed by atoms with Crippen LogP contribution < -0.4 is 4.72 Å². The Kier molecular flexibility index (Phi) is 6.62. The largest absolute Gasteiger partial charge is 0.417 e. The second kappa shape index (κ2) is 8.54. The number of alkyl halides is 3. The van der Waals surface area contributed by atoms with Crippen LogP contribution in [-0.4, -0.2) is 44.0 Å². The summed E-state index contributed by atoms with van der Waals surface area (Å²) in [5.41, 5.74) is -1.16. The van der Waals surface area contributed by atoms with E-state index in [2.05, 4.69) is 16.6 Å². The number of halogens is 3. The van der Waals surface area contributed by atoms with Gasteiger partial charge in [0.2, 0.25) is 21.8 Å². The molecule has 2 amide bonds. The number of piperidine rings is 1. The molecule has 1 N–H and O–H groups in total. The highest BCUT2D eigenvalue weighted by molar-refractivity contribution is 7.89. The minimum atomic E-state index is -4.56. The highest BCUT2D eigenvalue weighted by Gasteiger charge is 2.32. The van der Waals surface area contributed by atoms with Crippen LogP contribution in [0.5, 0.6) is 0 Å². The standard InChI is InChI=1S/C17H17F3N2O4S/c18-17(19,20)14-7-2-1-5-13(14)6-4-10-21-27(25,26)12-11-22-15(23)8-3-9-16(22)24/h1-2,5,7,21H,3,8-12H2. The minimum absolute atomic E-state index is 0.198. The Morgan fingerprint density at radius 1 is 1.11 bits per heavy atom. The third kappa shape index (κ3) is 6.08. The second-order valence-electron chi connectivity index (χ2n) is 5.78. The van der Waals surface area contributed by atoms with Crippen molar-refractivity contribution in [3.8, 4) is 11.8 Å². The maximum Gasteiger partial charge on any atom is 0.417 e. The fourth-order valence-corrected chi connectivity index (χ4v) is 3.32. The Morgan fingerprint density at radius 3 is 2.37 bits per heavy atom. The van der Waals surface area contributed by atoms with Crippen LogP contribution in [0.15, 0.2) is 24.3 Å². The average Bonchev–Trinajstić information content (AvgIpc) is 2.58. The molecule has 1 aliphatic heterocycles. The van der Waals surface area contributed by atoms with Crippen molar-refractivity contribution in [1.82, 2.24) is 9.62 Å². The van der Waals surface area contributed by atoms with E-state index in [0.717, 1.165) is 11.0 Å². The smallest absolute Gasteiger partial charge is 0.282 e. The van der Waals surface area contributed by atoms with Gasteiger partial charge in [-0.3, -0.25) is 14.5 Å². The fourth-order valence-electron chi connectivity index (χ4n) is 2.46. The molecular weight excluding hydrogens is 385 g/mol. The average molecular weight is 402 g/mol. The highest BCUT2D eigenvalue weighted by Crippen LogP contribution is 2.31. The van der Waals surface area contributed by atoms with E-state index >= 15 is 0 Å². The molecule has 1 aromatic rings. The second-order valence-corrected chi connectivity index (χ2v) is 7.70. The number of likely N-dealkylation sites (tertiary alicyclic amines) is 1. The van der Waals surface area contributed by atoms with E-state index in [1.807, 2.05) is 0 Å². The van der Waals surface area contributed by atoms with Crippen molar-refractivity contribution < 1.29 is 31.2 Å². The lowest BCUT2D eigenvalue weighted by Gasteiger charge is -2.24. The first-order chi connectivity index (χ1) is 12.6. The molecular formula is C17H17F3N2O4S. The summed E-state index contributed by atoms with van der Waals surface area (Å²) >= 11 is 0. The van der Waals surface area contributed by atoms with Gasteiger partial charge < -0.3 is 0 Å². The molecule has 1 aliphatic rings. The third-order valence-corrected chi connectivity index (χ3v) is 5.11. The van der Waals surface area contributed by atoms with E-state index in [1.165, 1.54) is 18.2 Å². The summed E-state index contributed by atoms with van der Waals surface area (Å²) in [6.07, 6.45) is -3.71. The predicted octanol–water partition coefficient (Wildman–Crippen LogP) is 1.52. The van der Waals surface area contributed by atoms with Crippen molar-refractivity contribution in [3.63, 3.8) is 0 Å². The van der Waals surface area contributed by atoms with Gasteiger partial charge in [-0.25, -0.2) is 13.1 Å². The van der Waals surface area contributed by atoms with E-state index in [-0.39, 0.29) is 24.9 Å². The van der Waals surface area contributed by atoms with E-state index in [4.69, 9.17) is 0 Å². The van der Waals surface area contributed by atoms with Crippen molar-refractivity contribution in [3.05, 3.63) is 35.4 Å². The number of nitrogens with zero attached hydrogens (tertiary/aromatic N) is 1. The summed E-state index contributed by atoms with van der Waals surface area (Å²) in [4.78, 5) is 24.2. The summed E-state index contributed by atoms with van der Waals surface area (Å²) < 4.78 is 64.5. The van der Waals surface area contributed by atoms with Crippen LogP contribution in [0.2, 0.25) is 0 Å². The summed E-state index contributed by atoms with van der Waals surface area (Å²) in [7, 11) is -3.84. The van der Waals surface area contributed by atoms with Gasteiger partial charge in [0, 0.05) is 24.9 Å². The number of hydrogen-bond acceptors (Lipinski definition) is 4. The first-order valence-electron chi connectivity index (χ1n) is 8.06. The zero-order valence-electron chi connectivity index (χ0n) is 14.2. The Morgan fingerprint density at radius 2 is 1.74 bits per heavy atom. The Labute approximate surface area is 154 Å². The summed E-state index contributed by atoms with van der Waals surface area (Å²) in [6.45, 7) is -0.659. The summed E-state index contributed by atoms with van der Waals surface area (Å²) in [5, 5.41) is 0. The number of rotatable bonds is 5. The Bertz CT molecular complexity index is 869. The molecule has 0 bridgehead atoms. The first-order valence-corrected chi connectivity index (χ1v) is 9.71. The van der Waals surface area contributed by atoms with Crippen LogP contribution in [0.4, 0.5) is 13.2 Å². The fraction of sp³-hybridized carbons (Fsp3) is 0.412. The summed E-state index contributed by atoms with van der Waals surface area (Å²) in [5.74, 6) is 3.32. The number of amides is 2. The number of hydrogen-bond donors (Lipinski definition) is 1. The molecule has 0 atom stereocenters. The van der Waals surface area contributed by atoms with Gasteiger partial charge in [0.25, 0.3) is 0 Å². The molecule has 0 unspecified atom stereocenters. The van der Waals surface area contributed by atoms with E-state index in [0.29, 0.717) is 6.42 Å². The van der Waals surface area contributed by atoms with Crippen LogP contribution in [0.1, 0.15) is 30.4 Å². The lowest BCUT2D eigenvalue weighted by atomic mass is 10.1.